The molecule has 0 aliphatic carbocycles. The number of carbonyl (C=O) groups is 2. The maximum absolute atomic E-state index is 12.8. The van der Waals surface area contributed by atoms with Crippen LogP contribution >= 0.6 is 0 Å². The molecule has 0 saturated carbocycles. The van der Waals surface area contributed by atoms with Crippen LogP contribution in [0.15, 0.2) is 84.9 Å². The Morgan fingerprint density at radius 1 is 0.839 bits per heavy atom. The van der Waals surface area contributed by atoms with E-state index in [2.05, 4.69) is 22.8 Å². The zero-order valence-corrected chi connectivity index (χ0v) is 18.0. The van der Waals surface area contributed by atoms with Crippen molar-refractivity contribution in [2.75, 3.05) is 20.6 Å². The number of hydrogen-bond acceptors (Lipinski definition) is 3. The van der Waals surface area contributed by atoms with Gasteiger partial charge in [0.15, 0.2) is 0 Å². The summed E-state index contributed by atoms with van der Waals surface area (Å²) in [6, 6.07) is 27.6. The molecule has 0 unspecified atom stereocenters. The number of hydrogen-bond donors (Lipinski definition) is 2. The van der Waals surface area contributed by atoms with E-state index in [-0.39, 0.29) is 24.4 Å². The molecule has 0 spiro atoms. The van der Waals surface area contributed by atoms with Crippen molar-refractivity contribution in [1.29, 1.82) is 0 Å². The molecule has 0 saturated heterocycles. The molecule has 0 aliphatic heterocycles. The standard InChI is InChI=1S/C26H29N3O2/c1-27-26(31)23-15-13-21(14-16-23)18-29(2)19-25(30)28-24(22-11-7-4-8-12-22)17-20-9-5-3-6-10-20/h3-16,24H,17-19H2,1-2H3,(H,27,31)(H,28,30)/t24-/m0/s1. The van der Waals surface area contributed by atoms with E-state index in [9.17, 15) is 9.59 Å². The summed E-state index contributed by atoms with van der Waals surface area (Å²) >= 11 is 0. The number of benzene rings is 3. The summed E-state index contributed by atoms with van der Waals surface area (Å²) in [5.74, 6) is -0.126. The first-order chi connectivity index (χ1) is 15.0. The molecule has 0 radical (unpaired) electrons. The molecular weight excluding hydrogens is 386 g/mol. The van der Waals surface area contributed by atoms with Crippen LogP contribution in [0, 0.1) is 0 Å². The van der Waals surface area contributed by atoms with Gasteiger partial charge in [0.05, 0.1) is 12.6 Å². The van der Waals surface area contributed by atoms with Gasteiger partial charge in [-0.2, -0.15) is 0 Å². The van der Waals surface area contributed by atoms with Crippen molar-refractivity contribution in [2.45, 2.75) is 19.0 Å². The summed E-state index contributed by atoms with van der Waals surface area (Å²) in [6.07, 6.45) is 0.737. The Hall–Kier alpha value is -3.44. The lowest BCUT2D eigenvalue weighted by Crippen LogP contribution is -2.37. The molecule has 2 N–H and O–H groups in total. The topological polar surface area (TPSA) is 61.4 Å². The van der Waals surface area contributed by atoms with Crippen LogP contribution in [0.1, 0.15) is 33.1 Å². The highest BCUT2D eigenvalue weighted by molar-refractivity contribution is 5.93. The first-order valence-electron chi connectivity index (χ1n) is 10.4. The molecule has 160 valence electrons. The van der Waals surface area contributed by atoms with Gasteiger partial charge < -0.3 is 10.6 Å². The molecule has 0 bridgehead atoms. The van der Waals surface area contributed by atoms with Crippen molar-refractivity contribution in [3.05, 3.63) is 107 Å². The number of rotatable bonds is 9. The van der Waals surface area contributed by atoms with Crippen molar-refractivity contribution in [2.24, 2.45) is 0 Å². The van der Waals surface area contributed by atoms with E-state index in [0.717, 1.165) is 17.5 Å². The summed E-state index contributed by atoms with van der Waals surface area (Å²) in [6.45, 7) is 0.908. The molecule has 0 fully saturated rings. The van der Waals surface area contributed by atoms with Crippen LogP contribution in [0.2, 0.25) is 0 Å². The summed E-state index contributed by atoms with van der Waals surface area (Å²) in [7, 11) is 3.53. The fourth-order valence-corrected chi connectivity index (χ4v) is 3.55. The first kappa shape index (κ1) is 22.2. The third-order valence-corrected chi connectivity index (χ3v) is 5.13. The minimum Gasteiger partial charge on any atom is -0.355 e. The van der Waals surface area contributed by atoms with E-state index in [1.807, 2.05) is 72.6 Å². The van der Waals surface area contributed by atoms with Crippen LogP contribution in [-0.2, 0) is 17.8 Å². The van der Waals surface area contributed by atoms with E-state index >= 15 is 0 Å². The number of nitrogens with one attached hydrogen (secondary N) is 2. The van der Waals surface area contributed by atoms with Crippen LogP contribution in [0.4, 0.5) is 0 Å². The Labute approximate surface area is 184 Å². The van der Waals surface area contributed by atoms with Gasteiger partial charge in [0.1, 0.15) is 0 Å². The molecule has 0 aliphatic rings. The molecule has 5 heteroatoms. The average Bonchev–Trinajstić information content (AvgIpc) is 2.79. The van der Waals surface area contributed by atoms with Gasteiger partial charge in [-0.3, -0.25) is 14.5 Å². The van der Waals surface area contributed by atoms with Crippen LogP contribution in [0.5, 0.6) is 0 Å². The molecule has 5 nitrogen and oxygen atoms in total. The quantitative estimate of drug-likeness (QED) is 0.562. The van der Waals surface area contributed by atoms with Crippen molar-refractivity contribution in [3.63, 3.8) is 0 Å². The highest BCUT2D eigenvalue weighted by Crippen LogP contribution is 2.18. The third kappa shape index (κ3) is 6.79. The molecule has 2 amide bonds. The van der Waals surface area contributed by atoms with E-state index in [4.69, 9.17) is 0 Å². The molecule has 3 aromatic carbocycles. The fourth-order valence-electron chi connectivity index (χ4n) is 3.55. The van der Waals surface area contributed by atoms with Gasteiger partial charge in [-0.25, -0.2) is 0 Å². The summed E-state index contributed by atoms with van der Waals surface area (Å²) < 4.78 is 0. The third-order valence-electron chi connectivity index (χ3n) is 5.13. The number of nitrogens with zero attached hydrogens (tertiary/aromatic N) is 1. The largest absolute Gasteiger partial charge is 0.355 e. The van der Waals surface area contributed by atoms with Gasteiger partial charge in [0.25, 0.3) is 5.91 Å². The van der Waals surface area contributed by atoms with Gasteiger partial charge in [0.2, 0.25) is 5.91 Å². The molecule has 31 heavy (non-hydrogen) atoms. The number of likely N-dealkylation sites (N-methyl/N-ethyl adjacent to an activating group) is 1. The van der Waals surface area contributed by atoms with Gasteiger partial charge in [-0.05, 0) is 42.3 Å². The summed E-state index contributed by atoms with van der Waals surface area (Å²) in [4.78, 5) is 26.4. The molecule has 1 atom stereocenters. The SMILES string of the molecule is CNC(=O)c1ccc(CN(C)CC(=O)N[C@@H](Cc2ccccc2)c2ccccc2)cc1. The zero-order valence-electron chi connectivity index (χ0n) is 18.0. The predicted octanol–water partition coefficient (Wildman–Crippen LogP) is 3.58. The Morgan fingerprint density at radius 3 is 2.06 bits per heavy atom. The maximum Gasteiger partial charge on any atom is 0.251 e. The molecule has 3 rings (SSSR count). The minimum absolute atomic E-state index is 0.0192. The van der Waals surface area contributed by atoms with Crippen LogP contribution < -0.4 is 10.6 Å². The van der Waals surface area contributed by atoms with Gasteiger partial charge >= 0.3 is 0 Å². The van der Waals surface area contributed by atoms with Crippen molar-refractivity contribution in [3.8, 4) is 0 Å². The molecule has 3 aromatic rings. The Bertz CT molecular complexity index is 973. The second-order valence-corrected chi connectivity index (χ2v) is 7.67. The fraction of sp³-hybridized carbons (Fsp3) is 0.231. The zero-order chi connectivity index (χ0) is 22.1. The molecular formula is C26H29N3O2. The van der Waals surface area contributed by atoms with Gasteiger partial charge in [-0.15, -0.1) is 0 Å². The lowest BCUT2D eigenvalue weighted by molar-refractivity contribution is -0.122. The second-order valence-electron chi connectivity index (χ2n) is 7.67. The number of carbonyl (C=O) groups excluding carboxylic acids is 2. The maximum atomic E-state index is 12.8. The highest BCUT2D eigenvalue weighted by atomic mass is 16.2. The van der Waals surface area contributed by atoms with E-state index in [1.165, 1.54) is 5.56 Å². The summed E-state index contributed by atoms with van der Waals surface area (Å²) in [5.41, 5.74) is 3.94. The Balaban J connectivity index is 1.60. The minimum atomic E-state index is -0.107. The summed E-state index contributed by atoms with van der Waals surface area (Å²) in [5, 5.41) is 5.81. The van der Waals surface area contributed by atoms with Crippen molar-refractivity contribution >= 4 is 11.8 Å². The lowest BCUT2D eigenvalue weighted by atomic mass is 9.99. The monoisotopic (exact) mass is 415 g/mol. The number of amides is 2. The lowest BCUT2D eigenvalue weighted by Gasteiger charge is -2.22. The average molecular weight is 416 g/mol. The van der Waals surface area contributed by atoms with Crippen LogP contribution in [0.3, 0.4) is 0 Å². The van der Waals surface area contributed by atoms with E-state index in [0.29, 0.717) is 12.1 Å². The van der Waals surface area contributed by atoms with Gasteiger partial charge in [-0.1, -0.05) is 72.8 Å². The van der Waals surface area contributed by atoms with Crippen molar-refractivity contribution in [1.82, 2.24) is 15.5 Å². The van der Waals surface area contributed by atoms with Crippen LogP contribution in [0.25, 0.3) is 0 Å². The normalized spacial score (nSPS) is 11.7. The van der Waals surface area contributed by atoms with Crippen LogP contribution in [-0.4, -0.2) is 37.4 Å². The van der Waals surface area contributed by atoms with Gasteiger partial charge in [0, 0.05) is 19.2 Å². The first-order valence-corrected chi connectivity index (χ1v) is 10.4. The highest BCUT2D eigenvalue weighted by Gasteiger charge is 2.16. The molecule has 0 aromatic heterocycles. The van der Waals surface area contributed by atoms with Crippen molar-refractivity contribution < 1.29 is 9.59 Å². The second kappa shape index (κ2) is 11.1. The Morgan fingerprint density at radius 2 is 1.45 bits per heavy atom. The van der Waals surface area contributed by atoms with E-state index in [1.54, 1.807) is 19.2 Å². The molecule has 0 heterocycles. The predicted molar refractivity (Wildman–Crippen MR) is 124 cm³/mol. The Kier molecular flexibility index (Phi) is 7.96. The smallest absolute Gasteiger partial charge is 0.251 e. The van der Waals surface area contributed by atoms with E-state index < -0.39 is 0 Å².